The first kappa shape index (κ1) is 9.93. The maximum atomic E-state index is 5.63. The van der Waals surface area contributed by atoms with Crippen LogP contribution in [0.4, 0.5) is 5.82 Å². The van der Waals surface area contributed by atoms with E-state index in [1.807, 2.05) is 18.2 Å². The lowest BCUT2D eigenvalue weighted by molar-refractivity contribution is 1.09. The van der Waals surface area contributed by atoms with E-state index in [4.69, 9.17) is 11.6 Å². The van der Waals surface area contributed by atoms with Crippen LogP contribution in [0.1, 0.15) is 5.56 Å². The van der Waals surface area contributed by atoms with E-state index < -0.39 is 0 Å². The van der Waals surface area contributed by atoms with Crippen molar-refractivity contribution in [1.82, 2.24) is 9.97 Å². The monoisotopic (exact) mass is 219 g/mol. The maximum Gasteiger partial charge on any atom is 0.147 e. The van der Waals surface area contributed by atoms with E-state index in [-0.39, 0.29) is 0 Å². The number of aromatic nitrogens is 2. The highest BCUT2D eigenvalue weighted by molar-refractivity contribution is 6.29. The molecule has 0 bridgehead atoms. The summed E-state index contributed by atoms with van der Waals surface area (Å²) in [6, 6.07) is 10.1. The third kappa shape index (κ3) is 2.92. The van der Waals surface area contributed by atoms with Crippen molar-refractivity contribution in [3.8, 4) is 0 Å². The Kier molecular flexibility index (Phi) is 3.15. The Bertz CT molecular complexity index is 414. The molecule has 1 heterocycles. The molecule has 0 aliphatic heterocycles. The fourth-order valence-electron chi connectivity index (χ4n) is 1.19. The second-order valence-electron chi connectivity index (χ2n) is 3.06. The molecular weight excluding hydrogens is 210 g/mol. The lowest BCUT2D eigenvalue weighted by atomic mass is 10.2. The van der Waals surface area contributed by atoms with Crippen molar-refractivity contribution in [2.24, 2.45) is 0 Å². The van der Waals surface area contributed by atoms with E-state index >= 15 is 0 Å². The van der Waals surface area contributed by atoms with Gasteiger partial charge in [-0.1, -0.05) is 41.9 Å². The third-order valence-electron chi connectivity index (χ3n) is 1.94. The lowest BCUT2D eigenvalue weighted by Crippen LogP contribution is -2.01. The van der Waals surface area contributed by atoms with Gasteiger partial charge in [0.2, 0.25) is 0 Å². The number of nitrogens with zero attached hydrogens (tertiary/aromatic N) is 2. The molecule has 15 heavy (non-hydrogen) atoms. The van der Waals surface area contributed by atoms with Crippen LogP contribution in [0.2, 0.25) is 5.15 Å². The molecule has 0 aliphatic rings. The van der Waals surface area contributed by atoms with Crippen LogP contribution < -0.4 is 5.32 Å². The van der Waals surface area contributed by atoms with Crippen LogP contribution in [0.5, 0.6) is 0 Å². The summed E-state index contributed by atoms with van der Waals surface area (Å²) in [5.41, 5.74) is 1.20. The van der Waals surface area contributed by atoms with Crippen LogP contribution in [0, 0.1) is 0 Å². The number of hydrogen-bond donors (Lipinski definition) is 1. The summed E-state index contributed by atoms with van der Waals surface area (Å²) in [6.45, 7) is 0.733. The summed E-state index contributed by atoms with van der Waals surface area (Å²) in [5, 5.41) is 3.56. The van der Waals surface area contributed by atoms with Gasteiger partial charge in [-0.15, -0.1) is 0 Å². The standard InChI is InChI=1S/C11H10ClN3/c12-10-7-15-11(8-13-10)14-6-9-4-2-1-3-5-9/h1-5,7-8H,6H2,(H,14,15). The molecule has 0 fully saturated rings. The predicted molar refractivity (Wildman–Crippen MR) is 60.8 cm³/mol. The van der Waals surface area contributed by atoms with Gasteiger partial charge in [0.05, 0.1) is 12.4 Å². The first-order chi connectivity index (χ1) is 7.34. The van der Waals surface area contributed by atoms with Crippen LogP contribution >= 0.6 is 11.6 Å². The largest absolute Gasteiger partial charge is 0.365 e. The van der Waals surface area contributed by atoms with Crippen molar-refractivity contribution in [2.45, 2.75) is 6.54 Å². The molecule has 0 spiro atoms. The molecule has 2 aromatic rings. The minimum Gasteiger partial charge on any atom is -0.365 e. The van der Waals surface area contributed by atoms with E-state index in [2.05, 4.69) is 27.4 Å². The molecule has 1 aromatic carbocycles. The summed E-state index contributed by atoms with van der Waals surface area (Å²) in [4.78, 5) is 8.02. The lowest BCUT2D eigenvalue weighted by Gasteiger charge is -2.04. The number of nitrogens with one attached hydrogen (secondary N) is 1. The molecular formula is C11H10ClN3. The Hall–Kier alpha value is -1.61. The Morgan fingerprint density at radius 2 is 1.87 bits per heavy atom. The fourth-order valence-corrected chi connectivity index (χ4v) is 1.29. The molecule has 0 saturated heterocycles. The van der Waals surface area contributed by atoms with Gasteiger partial charge in [-0.2, -0.15) is 0 Å². The molecule has 1 N–H and O–H groups in total. The first-order valence-corrected chi connectivity index (χ1v) is 4.98. The second-order valence-corrected chi connectivity index (χ2v) is 3.45. The predicted octanol–water partition coefficient (Wildman–Crippen LogP) is 2.74. The van der Waals surface area contributed by atoms with Crippen LogP contribution in [0.15, 0.2) is 42.7 Å². The van der Waals surface area contributed by atoms with Gasteiger partial charge in [0.25, 0.3) is 0 Å². The average molecular weight is 220 g/mol. The summed E-state index contributed by atoms with van der Waals surface area (Å²) in [6.07, 6.45) is 3.14. The van der Waals surface area contributed by atoms with Crippen molar-refractivity contribution in [1.29, 1.82) is 0 Å². The highest BCUT2D eigenvalue weighted by Crippen LogP contribution is 2.07. The highest BCUT2D eigenvalue weighted by atomic mass is 35.5. The van der Waals surface area contributed by atoms with Gasteiger partial charge >= 0.3 is 0 Å². The topological polar surface area (TPSA) is 37.8 Å². The van der Waals surface area contributed by atoms with Gasteiger partial charge in [-0.05, 0) is 5.56 Å². The Labute approximate surface area is 93.1 Å². The van der Waals surface area contributed by atoms with E-state index in [1.54, 1.807) is 6.20 Å². The smallest absolute Gasteiger partial charge is 0.147 e. The van der Waals surface area contributed by atoms with Crippen LogP contribution in [0.25, 0.3) is 0 Å². The molecule has 0 atom stereocenters. The normalized spacial score (nSPS) is 9.93. The maximum absolute atomic E-state index is 5.63. The van der Waals surface area contributed by atoms with E-state index in [0.29, 0.717) is 5.15 Å². The quantitative estimate of drug-likeness (QED) is 0.863. The van der Waals surface area contributed by atoms with Crippen molar-refractivity contribution < 1.29 is 0 Å². The molecule has 1 aromatic heterocycles. The summed E-state index contributed by atoms with van der Waals surface area (Å²) in [5.74, 6) is 0.725. The van der Waals surface area contributed by atoms with Crippen molar-refractivity contribution >= 4 is 17.4 Å². The minimum absolute atomic E-state index is 0.403. The van der Waals surface area contributed by atoms with Gasteiger partial charge < -0.3 is 5.32 Å². The molecule has 3 nitrogen and oxygen atoms in total. The van der Waals surface area contributed by atoms with Gasteiger partial charge in [0.1, 0.15) is 11.0 Å². The van der Waals surface area contributed by atoms with Gasteiger partial charge in [-0.3, -0.25) is 0 Å². The van der Waals surface area contributed by atoms with Crippen molar-refractivity contribution in [2.75, 3.05) is 5.32 Å². The molecule has 0 aliphatic carbocycles. The van der Waals surface area contributed by atoms with Gasteiger partial charge in [-0.25, -0.2) is 9.97 Å². The van der Waals surface area contributed by atoms with Crippen LogP contribution in [0.3, 0.4) is 0 Å². The van der Waals surface area contributed by atoms with E-state index in [1.165, 1.54) is 11.8 Å². The van der Waals surface area contributed by atoms with Gasteiger partial charge in [0, 0.05) is 6.54 Å². The van der Waals surface area contributed by atoms with E-state index in [0.717, 1.165) is 12.4 Å². The van der Waals surface area contributed by atoms with Crippen molar-refractivity contribution in [3.63, 3.8) is 0 Å². The number of benzene rings is 1. The SMILES string of the molecule is Clc1cnc(NCc2ccccc2)cn1. The van der Waals surface area contributed by atoms with Gasteiger partial charge in [0.15, 0.2) is 0 Å². The van der Waals surface area contributed by atoms with Crippen LogP contribution in [-0.2, 0) is 6.54 Å². The number of hydrogen-bond acceptors (Lipinski definition) is 3. The zero-order valence-electron chi connectivity index (χ0n) is 8.02. The zero-order valence-corrected chi connectivity index (χ0v) is 8.78. The summed E-state index contributed by atoms with van der Waals surface area (Å²) in [7, 11) is 0. The second kappa shape index (κ2) is 4.75. The first-order valence-electron chi connectivity index (χ1n) is 4.60. The Morgan fingerprint density at radius 3 is 2.53 bits per heavy atom. The summed E-state index contributed by atoms with van der Waals surface area (Å²) < 4.78 is 0. The zero-order chi connectivity index (χ0) is 10.5. The molecule has 2 rings (SSSR count). The summed E-state index contributed by atoms with van der Waals surface area (Å²) >= 11 is 5.63. The van der Waals surface area contributed by atoms with E-state index in [9.17, 15) is 0 Å². The molecule has 0 saturated carbocycles. The molecule has 0 radical (unpaired) electrons. The molecule has 0 unspecified atom stereocenters. The Morgan fingerprint density at radius 1 is 1.07 bits per heavy atom. The highest BCUT2D eigenvalue weighted by Gasteiger charge is 1.95. The fraction of sp³-hybridized carbons (Fsp3) is 0.0909. The molecule has 4 heteroatoms. The third-order valence-corrected chi connectivity index (χ3v) is 2.13. The number of rotatable bonds is 3. The molecule has 0 amide bonds. The Balaban J connectivity index is 1.96. The number of halogens is 1. The minimum atomic E-state index is 0.403. The van der Waals surface area contributed by atoms with Crippen molar-refractivity contribution in [3.05, 3.63) is 53.4 Å². The van der Waals surface area contributed by atoms with Crippen LogP contribution in [-0.4, -0.2) is 9.97 Å². The molecule has 76 valence electrons. The number of anilines is 1. The average Bonchev–Trinajstić information content (AvgIpc) is 2.30.